The molecule has 0 aliphatic rings. The summed E-state index contributed by atoms with van der Waals surface area (Å²) in [5.74, 6) is -0.906. The second-order valence-corrected chi connectivity index (χ2v) is 5.49. The summed E-state index contributed by atoms with van der Waals surface area (Å²) in [6.07, 6.45) is 0. The second-order valence-electron chi connectivity index (χ2n) is 5.49. The summed E-state index contributed by atoms with van der Waals surface area (Å²) in [5.41, 5.74) is 7.52. The van der Waals surface area contributed by atoms with E-state index >= 15 is 0 Å². The van der Waals surface area contributed by atoms with Gasteiger partial charge in [-0.15, -0.1) is 0 Å². The number of hydrogen-bond acceptors (Lipinski definition) is 2. The molecular weight excluding hydrogens is 226 g/mol. The number of nitrogens with two attached hydrogens (primary N) is 1. The first-order valence-electron chi connectivity index (χ1n) is 5.87. The fraction of sp³-hybridized carbons (Fsp3) is 0.267. The van der Waals surface area contributed by atoms with Crippen molar-refractivity contribution in [3.05, 3.63) is 41.5 Å². The molecule has 3 heteroatoms. The number of aromatic carboxylic acids is 1. The lowest BCUT2D eigenvalue weighted by molar-refractivity contribution is 0.0696. The van der Waals surface area contributed by atoms with E-state index in [0.29, 0.717) is 16.6 Å². The van der Waals surface area contributed by atoms with E-state index < -0.39 is 5.97 Å². The topological polar surface area (TPSA) is 63.3 Å². The largest absolute Gasteiger partial charge is 0.478 e. The summed E-state index contributed by atoms with van der Waals surface area (Å²) in [5, 5.41) is 11.0. The third-order valence-corrected chi connectivity index (χ3v) is 3.10. The average Bonchev–Trinajstić information content (AvgIpc) is 2.27. The number of hydrogen-bond donors (Lipinski definition) is 2. The smallest absolute Gasteiger partial charge is 0.336 e. The second kappa shape index (κ2) is 4.02. The van der Waals surface area contributed by atoms with Gasteiger partial charge in [0.1, 0.15) is 0 Å². The van der Waals surface area contributed by atoms with Crippen LogP contribution in [0.3, 0.4) is 0 Å². The molecule has 0 saturated heterocycles. The molecule has 0 atom stereocenters. The Hall–Kier alpha value is -2.03. The van der Waals surface area contributed by atoms with Gasteiger partial charge in [-0.25, -0.2) is 4.79 Å². The molecule has 0 aliphatic carbocycles. The first-order chi connectivity index (χ1) is 8.32. The zero-order chi connectivity index (χ0) is 13.5. The Morgan fingerprint density at radius 2 is 1.72 bits per heavy atom. The van der Waals surface area contributed by atoms with Gasteiger partial charge in [0.2, 0.25) is 0 Å². The van der Waals surface area contributed by atoms with Gasteiger partial charge in [0, 0.05) is 11.1 Å². The molecule has 0 heterocycles. The van der Waals surface area contributed by atoms with Crippen molar-refractivity contribution in [3.63, 3.8) is 0 Å². The molecule has 18 heavy (non-hydrogen) atoms. The van der Waals surface area contributed by atoms with Crippen molar-refractivity contribution in [1.29, 1.82) is 0 Å². The van der Waals surface area contributed by atoms with Crippen LogP contribution < -0.4 is 5.73 Å². The van der Waals surface area contributed by atoms with Gasteiger partial charge in [-0.3, -0.25) is 0 Å². The lowest BCUT2D eigenvalue weighted by Gasteiger charge is -2.23. The molecule has 3 N–H and O–H groups in total. The molecule has 0 saturated carbocycles. The van der Waals surface area contributed by atoms with Gasteiger partial charge < -0.3 is 10.8 Å². The first kappa shape index (κ1) is 12.4. The molecule has 94 valence electrons. The van der Waals surface area contributed by atoms with Crippen LogP contribution >= 0.6 is 0 Å². The highest BCUT2D eigenvalue weighted by Crippen LogP contribution is 2.34. The SMILES string of the molecule is CC(C)(C)c1cc(N)c2ccccc2c1C(=O)O. The summed E-state index contributed by atoms with van der Waals surface area (Å²) in [6, 6.07) is 9.14. The van der Waals surface area contributed by atoms with E-state index in [1.165, 1.54) is 0 Å². The quantitative estimate of drug-likeness (QED) is 0.754. The van der Waals surface area contributed by atoms with Crippen molar-refractivity contribution in [2.24, 2.45) is 0 Å². The lowest BCUT2D eigenvalue weighted by atomic mass is 9.81. The number of benzene rings is 2. The number of rotatable bonds is 1. The molecule has 3 nitrogen and oxygen atoms in total. The summed E-state index contributed by atoms with van der Waals surface area (Å²) < 4.78 is 0. The zero-order valence-corrected chi connectivity index (χ0v) is 10.8. The average molecular weight is 243 g/mol. The normalized spacial score (nSPS) is 11.7. The summed E-state index contributed by atoms with van der Waals surface area (Å²) >= 11 is 0. The molecule has 0 radical (unpaired) electrons. The van der Waals surface area contributed by atoms with Gasteiger partial charge in [0.25, 0.3) is 0 Å². The Morgan fingerprint density at radius 3 is 2.22 bits per heavy atom. The number of fused-ring (bicyclic) bond motifs is 1. The van der Waals surface area contributed by atoms with Crippen molar-refractivity contribution in [3.8, 4) is 0 Å². The van der Waals surface area contributed by atoms with E-state index in [9.17, 15) is 9.90 Å². The standard InChI is InChI=1S/C15H17NO2/c1-15(2,3)11-8-12(16)9-6-4-5-7-10(9)13(11)14(17)18/h4-8H,16H2,1-3H3,(H,17,18). The maximum atomic E-state index is 11.6. The number of carbonyl (C=O) groups is 1. The van der Waals surface area contributed by atoms with Crippen molar-refractivity contribution in [2.75, 3.05) is 5.73 Å². The van der Waals surface area contributed by atoms with Crippen molar-refractivity contribution in [1.82, 2.24) is 0 Å². The van der Waals surface area contributed by atoms with Gasteiger partial charge in [-0.05, 0) is 22.4 Å². The fourth-order valence-corrected chi connectivity index (χ4v) is 2.23. The van der Waals surface area contributed by atoms with E-state index in [2.05, 4.69) is 0 Å². The maximum absolute atomic E-state index is 11.6. The Balaban J connectivity index is 2.96. The molecule has 0 aliphatic heterocycles. The Bertz CT molecular complexity index is 624. The molecule has 0 amide bonds. The van der Waals surface area contributed by atoms with Crippen LogP contribution in [0, 0.1) is 0 Å². The molecule has 2 rings (SSSR count). The minimum atomic E-state index is -0.906. The number of carboxylic acid groups (broad SMARTS) is 1. The molecule has 0 unspecified atom stereocenters. The number of anilines is 1. The Labute approximate surface area is 106 Å². The molecular formula is C15H17NO2. The van der Waals surface area contributed by atoms with E-state index in [4.69, 9.17) is 5.73 Å². The van der Waals surface area contributed by atoms with Crippen molar-refractivity contribution >= 4 is 22.4 Å². The molecule has 0 fully saturated rings. The molecule has 0 bridgehead atoms. The maximum Gasteiger partial charge on any atom is 0.336 e. The van der Waals surface area contributed by atoms with E-state index in [0.717, 1.165) is 10.9 Å². The van der Waals surface area contributed by atoms with Crippen LogP contribution in [0.25, 0.3) is 10.8 Å². The van der Waals surface area contributed by atoms with Crippen LogP contribution in [0.2, 0.25) is 0 Å². The molecule has 0 aromatic heterocycles. The van der Waals surface area contributed by atoms with Crippen LogP contribution in [0.1, 0.15) is 36.7 Å². The van der Waals surface area contributed by atoms with Gasteiger partial charge in [-0.1, -0.05) is 45.0 Å². The predicted octanol–water partition coefficient (Wildman–Crippen LogP) is 3.42. The third kappa shape index (κ3) is 1.92. The first-order valence-corrected chi connectivity index (χ1v) is 5.87. The minimum absolute atomic E-state index is 0.258. The van der Waals surface area contributed by atoms with E-state index in [-0.39, 0.29) is 5.41 Å². The lowest BCUT2D eigenvalue weighted by Crippen LogP contribution is -2.18. The third-order valence-electron chi connectivity index (χ3n) is 3.10. The predicted molar refractivity (Wildman–Crippen MR) is 74.0 cm³/mol. The molecule has 2 aromatic carbocycles. The Morgan fingerprint density at radius 1 is 1.17 bits per heavy atom. The number of nitrogen functional groups attached to an aromatic ring is 1. The van der Waals surface area contributed by atoms with Crippen LogP contribution in [0.5, 0.6) is 0 Å². The van der Waals surface area contributed by atoms with Gasteiger partial charge >= 0.3 is 5.97 Å². The summed E-state index contributed by atoms with van der Waals surface area (Å²) in [6.45, 7) is 5.97. The summed E-state index contributed by atoms with van der Waals surface area (Å²) in [7, 11) is 0. The highest BCUT2D eigenvalue weighted by Gasteiger charge is 2.24. The minimum Gasteiger partial charge on any atom is -0.478 e. The van der Waals surface area contributed by atoms with Gasteiger partial charge in [0.05, 0.1) is 5.56 Å². The highest BCUT2D eigenvalue weighted by molar-refractivity contribution is 6.09. The monoisotopic (exact) mass is 243 g/mol. The summed E-state index contributed by atoms with van der Waals surface area (Å²) in [4.78, 5) is 11.6. The van der Waals surface area contributed by atoms with E-state index in [1.54, 1.807) is 6.07 Å². The van der Waals surface area contributed by atoms with Crippen LogP contribution in [0.15, 0.2) is 30.3 Å². The van der Waals surface area contributed by atoms with Crippen LogP contribution in [0.4, 0.5) is 5.69 Å². The van der Waals surface area contributed by atoms with Gasteiger partial charge in [-0.2, -0.15) is 0 Å². The number of carboxylic acids is 1. The Kier molecular flexibility index (Phi) is 2.77. The van der Waals surface area contributed by atoms with Crippen LogP contribution in [-0.4, -0.2) is 11.1 Å². The molecule has 2 aromatic rings. The zero-order valence-electron chi connectivity index (χ0n) is 10.8. The van der Waals surface area contributed by atoms with E-state index in [1.807, 2.05) is 45.0 Å². The van der Waals surface area contributed by atoms with Gasteiger partial charge in [0.15, 0.2) is 0 Å². The van der Waals surface area contributed by atoms with Crippen molar-refractivity contribution in [2.45, 2.75) is 26.2 Å². The molecule has 0 spiro atoms. The highest BCUT2D eigenvalue weighted by atomic mass is 16.4. The fourth-order valence-electron chi connectivity index (χ4n) is 2.23. The van der Waals surface area contributed by atoms with Crippen molar-refractivity contribution < 1.29 is 9.90 Å². The van der Waals surface area contributed by atoms with Crippen LogP contribution in [-0.2, 0) is 5.41 Å².